The second-order valence-corrected chi connectivity index (χ2v) is 11.5. The van der Waals surface area contributed by atoms with Crippen LogP contribution in [0.1, 0.15) is 22.3 Å². The molecule has 0 heterocycles. The van der Waals surface area contributed by atoms with Crippen molar-refractivity contribution in [2.45, 2.75) is 20.5 Å². The summed E-state index contributed by atoms with van der Waals surface area (Å²) in [5.41, 5.74) is 6.13. The molecule has 0 spiro atoms. The molecule has 8 nitrogen and oxygen atoms in total. The summed E-state index contributed by atoms with van der Waals surface area (Å²) in [6.45, 7) is 3.61. The highest BCUT2D eigenvalue weighted by molar-refractivity contribution is 9.10. The van der Waals surface area contributed by atoms with Crippen molar-refractivity contribution in [1.29, 1.82) is 0 Å². The van der Waals surface area contributed by atoms with E-state index in [9.17, 15) is 13.2 Å². The van der Waals surface area contributed by atoms with Crippen molar-refractivity contribution in [3.8, 4) is 11.5 Å². The highest BCUT2D eigenvalue weighted by atomic mass is 79.9. The molecular weight excluding hydrogens is 582 g/mol. The van der Waals surface area contributed by atoms with Crippen LogP contribution in [0.5, 0.6) is 11.5 Å². The smallest absolute Gasteiger partial charge is 0.260 e. The average Bonchev–Trinajstić information content (AvgIpc) is 2.82. The first-order valence-electron chi connectivity index (χ1n) is 11.1. The molecule has 37 heavy (non-hydrogen) atoms. The molecule has 0 fully saturated rings. The maximum absolute atomic E-state index is 12.5. The largest absolute Gasteiger partial charge is 0.493 e. The van der Waals surface area contributed by atoms with Gasteiger partial charge in [0.2, 0.25) is 10.0 Å². The Bertz CT molecular complexity index is 1410. The lowest BCUT2D eigenvalue weighted by Gasteiger charge is -2.23. The maximum atomic E-state index is 12.5. The van der Waals surface area contributed by atoms with Gasteiger partial charge in [0, 0.05) is 5.02 Å². The van der Waals surface area contributed by atoms with E-state index in [0.717, 1.165) is 27.3 Å². The molecule has 0 aliphatic carbocycles. The van der Waals surface area contributed by atoms with Crippen LogP contribution < -0.4 is 19.2 Å². The van der Waals surface area contributed by atoms with Crippen LogP contribution in [0, 0.1) is 13.8 Å². The van der Waals surface area contributed by atoms with Crippen molar-refractivity contribution in [3.63, 3.8) is 0 Å². The van der Waals surface area contributed by atoms with E-state index < -0.39 is 22.5 Å². The normalized spacial score (nSPS) is 11.4. The van der Waals surface area contributed by atoms with Gasteiger partial charge in [-0.05, 0) is 76.8 Å². The monoisotopic (exact) mass is 607 g/mol. The number of rotatable bonds is 10. The Labute approximate surface area is 230 Å². The van der Waals surface area contributed by atoms with Gasteiger partial charge in [0.25, 0.3) is 5.91 Å². The predicted octanol–water partition coefficient (Wildman–Crippen LogP) is 5.22. The van der Waals surface area contributed by atoms with Gasteiger partial charge in [-0.25, -0.2) is 13.8 Å². The first-order chi connectivity index (χ1) is 17.5. The minimum atomic E-state index is -3.70. The zero-order valence-electron chi connectivity index (χ0n) is 20.8. The third-order valence-corrected chi connectivity index (χ3v) is 7.23. The minimum Gasteiger partial charge on any atom is -0.493 e. The molecule has 0 aliphatic rings. The molecule has 11 heteroatoms. The summed E-state index contributed by atoms with van der Waals surface area (Å²) in [6, 6.07) is 16.1. The first kappa shape index (κ1) is 28.5. The van der Waals surface area contributed by atoms with Crippen LogP contribution in [0.3, 0.4) is 0 Å². The number of aryl methyl sites for hydroxylation is 2. The molecule has 0 saturated carbocycles. The topological polar surface area (TPSA) is 97.3 Å². The van der Waals surface area contributed by atoms with E-state index in [1.807, 2.05) is 25.1 Å². The van der Waals surface area contributed by atoms with Crippen LogP contribution in [0.4, 0.5) is 5.69 Å². The molecule has 1 amide bonds. The fourth-order valence-corrected chi connectivity index (χ4v) is 5.12. The quantitative estimate of drug-likeness (QED) is 0.251. The van der Waals surface area contributed by atoms with Crippen LogP contribution in [0.15, 0.2) is 64.2 Å². The van der Waals surface area contributed by atoms with E-state index in [-0.39, 0.29) is 0 Å². The molecule has 0 atom stereocenters. The van der Waals surface area contributed by atoms with E-state index in [1.54, 1.807) is 43.3 Å². The second kappa shape index (κ2) is 12.4. The number of anilines is 1. The number of nitrogens with zero attached hydrogens (tertiary/aromatic N) is 2. The molecule has 1 N–H and O–H groups in total. The van der Waals surface area contributed by atoms with Gasteiger partial charge < -0.3 is 9.47 Å². The maximum Gasteiger partial charge on any atom is 0.260 e. The van der Waals surface area contributed by atoms with Gasteiger partial charge in [-0.15, -0.1) is 0 Å². The lowest BCUT2D eigenvalue weighted by atomic mass is 10.1. The van der Waals surface area contributed by atoms with Gasteiger partial charge in [-0.3, -0.25) is 9.10 Å². The Morgan fingerprint density at radius 1 is 1.14 bits per heavy atom. The van der Waals surface area contributed by atoms with Crippen molar-refractivity contribution < 1.29 is 22.7 Å². The van der Waals surface area contributed by atoms with Gasteiger partial charge in [0.15, 0.2) is 11.5 Å². The summed E-state index contributed by atoms with van der Waals surface area (Å²) in [7, 11) is -2.18. The molecule has 3 rings (SSSR count). The van der Waals surface area contributed by atoms with E-state index in [1.165, 1.54) is 13.3 Å². The first-order valence-corrected chi connectivity index (χ1v) is 14.1. The number of carbonyl (C=O) groups excluding carboxylic acids is 1. The molecule has 3 aromatic rings. The molecule has 0 radical (unpaired) electrons. The lowest BCUT2D eigenvalue weighted by Crippen LogP contribution is -2.39. The Balaban J connectivity index is 1.69. The summed E-state index contributed by atoms with van der Waals surface area (Å²) < 4.78 is 37.8. The molecular formula is C26H27BrClN3O5S. The number of methoxy groups -OCH3 is 1. The standard InChI is InChI=1S/C26H27BrClN3O5S/c1-17-5-10-23(18(2)11-17)31(37(4,33)34)15-25(32)30-29-14-20-12-22(27)26(24(13-20)35-3)36-16-19-6-8-21(28)9-7-19/h5-14H,15-16H2,1-4H3,(H,30,32)/b29-14-. The SMILES string of the molecule is COc1cc(/C=N\NC(=O)CN(c2ccc(C)cc2C)S(C)(=O)=O)cc(Br)c1OCc1ccc(Cl)cc1. The number of hydrogen-bond acceptors (Lipinski definition) is 6. The zero-order valence-corrected chi connectivity index (χ0v) is 23.9. The highest BCUT2D eigenvalue weighted by Gasteiger charge is 2.22. The van der Waals surface area contributed by atoms with E-state index >= 15 is 0 Å². The van der Waals surface area contributed by atoms with Crippen LogP contribution in [-0.4, -0.2) is 40.4 Å². The summed E-state index contributed by atoms with van der Waals surface area (Å²) in [5, 5.41) is 4.62. The number of halogens is 2. The molecule has 0 saturated heterocycles. The Kier molecular flexibility index (Phi) is 9.58. The lowest BCUT2D eigenvalue weighted by molar-refractivity contribution is -0.119. The van der Waals surface area contributed by atoms with Crippen LogP contribution in [-0.2, 0) is 21.4 Å². The van der Waals surface area contributed by atoms with Gasteiger partial charge in [0.1, 0.15) is 13.2 Å². The number of hydrogen-bond donors (Lipinski definition) is 1. The Hall–Kier alpha value is -3.08. The molecule has 196 valence electrons. The molecule has 3 aromatic carbocycles. The Morgan fingerprint density at radius 3 is 2.46 bits per heavy atom. The highest BCUT2D eigenvalue weighted by Crippen LogP contribution is 2.37. The zero-order chi connectivity index (χ0) is 27.2. The summed E-state index contributed by atoms with van der Waals surface area (Å²) >= 11 is 9.42. The van der Waals surface area contributed by atoms with Gasteiger partial charge in [0.05, 0.1) is 29.7 Å². The van der Waals surface area contributed by atoms with Crippen molar-refractivity contribution in [3.05, 3.63) is 86.3 Å². The minimum absolute atomic E-state index is 0.312. The van der Waals surface area contributed by atoms with E-state index in [4.69, 9.17) is 21.1 Å². The van der Waals surface area contributed by atoms with Crippen molar-refractivity contribution >= 4 is 55.4 Å². The van der Waals surface area contributed by atoms with Gasteiger partial charge in [-0.2, -0.15) is 5.10 Å². The summed E-state index contributed by atoms with van der Waals surface area (Å²) in [4.78, 5) is 12.5. The van der Waals surface area contributed by atoms with Crippen molar-refractivity contribution in [2.75, 3.05) is 24.2 Å². The fourth-order valence-electron chi connectivity index (χ4n) is 3.50. The Morgan fingerprint density at radius 2 is 1.84 bits per heavy atom. The van der Waals surface area contributed by atoms with Gasteiger partial charge in [-0.1, -0.05) is 41.4 Å². The number of sulfonamides is 1. The number of amides is 1. The van der Waals surface area contributed by atoms with Crippen LogP contribution in [0.25, 0.3) is 0 Å². The number of nitrogens with one attached hydrogen (secondary N) is 1. The van der Waals surface area contributed by atoms with Crippen molar-refractivity contribution in [1.82, 2.24) is 5.43 Å². The molecule has 0 aromatic heterocycles. The number of benzene rings is 3. The second-order valence-electron chi connectivity index (χ2n) is 8.30. The molecule has 0 bridgehead atoms. The number of ether oxygens (including phenoxy) is 2. The summed E-state index contributed by atoms with van der Waals surface area (Å²) in [6.07, 6.45) is 2.49. The molecule has 0 aliphatic heterocycles. The van der Waals surface area contributed by atoms with E-state index in [0.29, 0.717) is 38.9 Å². The third-order valence-electron chi connectivity index (χ3n) is 5.26. The van der Waals surface area contributed by atoms with Crippen LogP contribution >= 0.6 is 27.5 Å². The van der Waals surface area contributed by atoms with Crippen molar-refractivity contribution in [2.24, 2.45) is 5.10 Å². The van der Waals surface area contributed by atoms with Crippen LogP contribution in [0.2, 0.25) is 5.02 Å². The predicted molar refractivity (Wildman–Crippen MR) is 150 cm³/mol. The summed E-state index contributed by atoms with van der Waals surface area (Å²) in [5.74, 6) is 0.390. The fraction of sp³-hybridized carbons (Fsp3) is 0.231. The molecule has 0 unspecified atom stereocenters. The number of hydrazone groups is 1. The average molecular weight is 609 g/mol. The van der Waals surface area contributed by atoms with Gasteiger partial charge >= 0.3 is 0 Å². The number of carbonyl (C=O) groups is 1. The third kappa shape index (κ3) is 7.95. The van der Waals surface area contributed by atoms with E-state index in [2.05, 4.69) is 26.5 Å².